The van der Waals surface area contributed by atoms with Gasteiger partial charge in [0, 0.05) is 16.8 Å². The second kappa shape index (κ2) is 6.11. The maximum atomic E-state index is 9.54. The molecule has 118 valence electrons. The summed E-state index contributed by atoms with van der Waals surface area (Å²) in [6, 6.07) is 21.7. The molecule has 0 saturated carbocycles. The molecule has 0 radical (unpaired) electrons. The highest BCUT2D eigenvalue weighted by Crippen LogP contribution is 2.27. The second-order valence-electron chi connectivity index (χ2n) is 5.64. The summed E-state index contributed by atoms with van der Waals surface area (Å²) in [6.45, 7) is 0.0244. The lowest BCUT2D eigenvalue weighted by Crippen LogP contribution is -1.91. The van der Waals surface area contributed by atoms with Crippen LogP contribution >= 0.6 is 11.6 Å². The fraction of sp³-hybridized carbons (Fsp3) is 0.0500. The molecule has 4 heteroatoms. The van der Waals surface area contributed by atoms with Crippen molar-refractivity contribution in [1.29, 1.82) is 0 Å². The van der Waals surface area contributed by atoms with Crippen LogP contribution in [0.3, 0.4) is 0 Å². The Hall–Kier alpha value is -2.62. The first-order chi connectivity index (χ1) is 11.7. The van der Waals surface area contributed by atoms with Gasteiger partial charge in [0.1, 0.15) is 0 Å². The Morgan fingerprint density at radius 2 is 1.71 bits per heavy atom. The SMILES string of the molecule is OCc1ccccc1-c1ccn2nc(-c3ccc(Cl)cc3)cc2c1. The molecule has 0 unspecified atom stereocenters. The average Bonchev–Trinajstić information content (AvgIpc) is 3.05. The van der Waals surface area contributed by atoms with Gasteiger partial charge in [0.2, 0.25) is 0 Å². The molecule has 0 atom stereocenters. The lowest BCUT2D eigenvalue weighted by molar-refractivity contribution is 0.282. The van der Waals surface area contributed by atoms with Crippen molar-refractivity contribution in [2.75, 3.05) is 0 Å². The van der Waals surface area contributed by atoms with E-state index in [0.717, 1.165) is 33.5 Å². The Morgan fingerprint density at radius 3 is 2.50 bits per heavy atom. The molecule has 0 aliphatic rings. The van der Waals surface area contributed by atoms with Gasteiger partial charge >= 0.3 is 0 Å². The average molecular weight is 335 g/mol. The molecule has 4 rings (SSSR count). The normalized spacial score (nSPS) is 11.1. The van der Waals surface area contributed by atoms with Gasteiger partial charge in [-0.25, -0.2) is 4.52 Å². The number of fused-ring (bicyclic) bond motifs is 1. The third-order valence-electron chi connectivity index (χ3n) is 4.10. The number of benzene rings is 2. The van der Waals surface area contributed by atoms with E-state index in [-0.39, 0.29) is 6.61 Å². The van der Waals surface area contributed by atoms with Crippen LogP contribution in [0.25, 0.3) is 27.9 Å². The quantitative estimate of drug-likeness (QED) is 0.583. The van der Waals surface area contributed by atoms with E-state index in [9.17, 15) is 5.11 Å². The van der Waals surface area contributed by atoms with Crippen molar-refractivity contribution in [2.24, 2.45) is 0 Å². The lowest BCUT2D eigenvalue weighted by Gasteiger charge is -2.07. The minimum atomic E-state index is 0.0244. The zero-order chi connectivity index (χ0) is 16.5. The van der Waals surface area contributed by atoms with E-state index >= 15 is 0 Å². The van der Waals surface area contributed by atoms with Crippen molar-refractivity contribution < 1.29 is 5.11 Å². The topological polar surface area (TPSA) is 37.5 Å². The third-order valence-corrected chi connectivity index (χ3v) is 4.35. The van der Waals surface area contributed by atoms with E-state index in [1.807, 2.05) is 71.4 Å². The highest BCUT2D eigenvalue weighted by molar-refractivity contribution is 6.30. The van der Waals surface area contributed by atoms with Crippen molar-refractivity contribution in [1.82, 2.24) is 9.61 Å². The van der Waals surface area contributed by atoms with Gasteiger partial charge in [-0.3, -0.25) is 0 Å². The van der Waals surface area contributed by atoms with Crippen LogP contribution in [0.5, 0.6) is 0 Å². The number of aliphatic hydroxyl groups is 1. The molecule has 4 aromatic rings. The van der Waals surface area contributed by atoms with Crippen molar-refractivity contribution in [3.8, 4) is 22.4 Å². The molecule has 2 aromatic heterocycles. The summed E-state index contributed by atoms with van der Waals surface area (Å²) in [5.74, 6) is 0. The summed E-state index contributed by atoms with van der Waals surface area (Å²) >= 11 is 5.95. The number of nitrogens with zero attached hydrogens (tertiary/aromatic N) is 2. The fourth-order valence-corrected chi connectivity index (χ4v) is 2.99. The van der Waals surface area contributed by atoms with Crippen LogP contribution < -0.4 is 0 Å². The highest BCUT2D eigenvalue weighted by atomic mass is 35.5. The van der Waals surface area contributed by atoms with Gasteiger partial charge in [0.15, 0.2) is 0 Å². The summed E-state index contributed by atoms with van der Waals surface area (Å²) in [7, 11) is 0. The zero-order valence-electron chi connectivity index (χ0n) is 12.9. The van der Waals surface area contributed by atoms with Gasteiger partial charge in [-0.05, 0) is 47.0 Å². The van der Waals surface area contributed by atoms with E-state index in [4.69, 9.17) is 11.6 Å². The van der Waals surface area contributed by atoms with Crippen LogP contribution in [-0.2, 0) is 6.61 Å². The number of aliphatic hydroxyl groups excluding tert-OH is 1. The molecule has 0 fully saturated rings. The number of halogens is 1. The van der Waals surface area contributed by atoms with Crippen LogP contribution in [0, 0.1) is 0 Å². The van der Waals surface area contributed by atoms with Crippen LogP contribution in [0.15, 0.2) is 72.9 Å². The molecule has 2 heterocycles. The number of aromatic nitrogens is 2. The second-order valence-corrected chi connectivity index (χ2v) is 6.07. The van der Waals surface area contributed by atoms with Gasteiger partial charge in [-0.2, -0.15) is 5.10 Å². The molecule has 0 aliphatic carbocycles. The van der Waals surface area contributed by atoms with E-state index in [0.29, 0.717) is 5.02 Å². The lowest BCUT2D eigenvalue weighted by atomic mass is 10.0. The van der Waals surface area contributed by atoms with Gasteiger partial charge in [-0.15, -0.1) is 0 Å². The first-order valence-corrected chi connectivity index (χ1v) is 8.07. The van der Waals surface area contributed by atoms with Gasteiger partial charge in [0.25, 0.3) is 0 Å². The molecule has 0 aliphatic heterocycles. The zero-order valence-corrected chi connectivity index (χ0v) is 13.6. The van der Waals surface area contributed by atoms with Crippen molar-refractivity contribution in [2.45, 2.75) is 6.61 Å². The van der Waals surface area contributed by atoms with E-state index in [2.05, 4.69) is 11.2 Å². The standard InChI is InChI=1S/C20H15ClN2O/c21-17-7-5-14(6-8-17)20-12-18-11-15(9-10-23(18)22-20)19-4-2-1-3-16(19)13-24/h1-12,24H,13H2. The number of rotatable bonds is 3. The van der Waals surface area contributed by atoms with Gasteiger partial charge in [0.05, 0.1) is 17.8 Å². The summed E-state index contributed by atoms with van der Waals surface area (Å²) < 4.78 is 1.86. The van der Waals surface area contributed by atoms with Crippen LogP contribution in [0.1, 0.15) is 5.56 Å². The Bertz CT molecular complexity index is 1010. The van der Waals surface area contributed by atoms with E-state index in [1.165, 1.54) is 0 Å². The molecular weight excluding hydrogens is 320 g/mol. The monoisotopic (exact) mass is 334 g/mol. The third kappa shape index (κ3) is 2.68. The molecule has 3 nitrogen and oxygen atoms in total. The molecule has 2 aromatic carbocycles. The predicted molar refractivity (Wildman–Crippen MR) is 97.0 cm³/mol. The highest BCUT2D eigenvalue weighted by Gasteiger charge is 2.08. The van der Waals surface area contributed by atoms with Crippen LogP contribution in [0.2, 0.25) is 5.02 Å². The van der Waals surface area contributed by atoms with E-state index in [1.54, 1.807) is 0 Å². The summed E-state index contributed by atoms with van der Waals surface area (Å²) in [4.78, 5) is 0. The maximum Gasteiger partial charge on any atom is 0.0933 e. The first-order valence-electron chi connectivity index (χ1n) is 7.69. The minimum Gasteiger partial charge on any atom is -0.392 e. The van der Waals surface area contributed by atoms with Crippen LogP contribution in [0.4, 0.5) is 0 Å². The van der Waals surface area contributed by atoms with Crippen molar-refractivity contribution in [3.63, 3.8) is 0 Å². The predicted octanol–water partition coefficient (Wildman–Crippen LogP) is 4.81. The molecule has 0 saturated heterocycles. The minimum absolute atomic E-state index is 0.0244. The van der Waals surface area contributed by atoms with Gasteiger partial charge in [-0.1, -0.05) is 48.0 Å². The Kier molecular flexibility index (Phi) is 3.81. The first kappa shape index (κ1) is 14.9. The summed E-state index contributed by atoms with van der Waals surface area (Å²) in [5, 5.41) is 14.9. The van der Waals surface area contributed by atoms with Crippen LogP contribution in [-0.4, -0.2) is 14.7 Å². The van der Waals surface area contributed by atoms with E-state index < -0.39 is 0 Å². The molecule has 24 heavy (non-hydrogen) atoms. The molecule has 0 amide bonds. The molecule has 0 bridgehead atoms. The Balaban J connectivity index is 1.80. The summed E-state index contributed by atoms with van der Waals surface area (Å²) in [6.07, 6.45) is 1.94. The largest absolute Gasteiger partial charge is 0.392 e. The van der Waals surface area contributed by atoms with Gasteiger partial charge < -0.3 is 5.11 Å². The smallest absolute Gasteiger partial charge is 0.0933 e. The molecule has 0 spiro atoms. The molecular formula is C20H15ClN2O. The number of hydrogen-bond donors (Lipinski definition) is 1. The van der Waals surface area contributed by atoms with Crippen molar-refractivity contribution in [3.05, 3.63) is 83.5 Å². The summed E-state index contributed by atoms with van der Waals surface area (Å²) in [5.41, 5.74) is 5.95. The number of hydrogen-bond acceptors (Lipinski definition) is 2. The Labute approximate surface area is 144 Å². The Morgan fingerprint density at radius 1 is 0.917 bits per heavy atom. The number of pyridine rings is 1. The maximum absolute atomic E-state index is 9.54. The molecule has 1 N–H and O–H groups in total. The fourth-order valence-electron chi connectivity index (χ4n) is 2.86. The van der Waals surface area contributed by atoms with Crippen molar-refractivity contribution >= 4 is 17.1 Å².